The van der Waals surface area contributed by atoms with Crippen molar-refractivity contribution in [3.05, 3.63) is 209 Å². The minimum atomic E-state index is -0.466. The molecule has 13 rings (SSSR count). The van der Waals surface area contributed by atoms with Gasteiger partial charge in [0.05, 0.1) is 5.41 Å². The van der Waals surface area contributed by atoms with Crippen molar-refractivity contribution in [2.45, 2.75) is 24.7 Å². The molecular weight excluding hydrogens is 735 g/mol. The Morgan fingerprint density at radius 3 is 1.41 bits per heavy atom. The fraction of sp³-hybridized carbons (Fsp3) is 0.0727. The van der Waals surface area contributed by atoms with Crippen molar-refractivity contribution < 1.29 is 0 Å². The number of fused-ring (bicyclic) bond motifs is 16. The van der Waals surface area contributed by atoms with E-state index in [0.29, 0.717) is 17.5 Å². The topological polar surface area (TPSA) is 38.7 Å². The summed E-state index contributed by atoms with van der Waals surface area (Å²) in [5.41, 5.74) is 17.7. The third-order valence-corrected chi connectivity index (χ3v) is 14.6. The maximum Gasteiger partial charge on any atom is 0.165 e. The van der Waals surface area contributed by atoms with Gasteiger partial charge in [-0.15, -0.1) is 11.3 Å². The predicted molar refractivity (Wildman–Crippen MR) is 243 cm³/mol. The summed E-state index contributed by atoms with van der Waals surface area (Å²) in [6.45, 7) is 4.65. The molecule has 8 aromatic carbocycles. The maximum atomic E-state index is 5.56. The summed E-state index contributed by atoms with van der Waals surface area (Å²) in [6, 6.07) is 64.4. The zero-order chi connectivity index (χ0) is 39.0. The van der Waals surface area contributed by atoms with E-state index in [1.54, 1.807) is 0 Å². The van der Waals surface area contributed by atoms with Crippen LogP contribution in [0.1, 0.15) is 47.2 Å². The first-order valence-electron chi connectivity index (χ1n) is 20.4. The predicted octanol–water partition coefficient (Wildman–Crippen LogP) is 13.9. The van der Waals surface area contributed by atoms with Crippen LogP contribution in [-0.4, -0.2) is 15.0 Å². The minimum Gasteiger partial charge on any atom is -0.208 e. The molecule has 0 fully saturated rings. The number of nitrogens with zero attached hydrogens (tertiary/aromatic N) is 3. The Morgan fingerprint density at radius 2 is 0.746 bits per heavy atom. The van der Waals surface area contributed by atoms with Crippen molar-refractivity contribution in [2.75, 3.05) is 0 Å². The Kier molecular flexibility index (Phi) is 6.59. The van der Waals surface area contributed by atoms with Crippen LogP contribution in [0.5, 0.6) is 0 Å². The summed E-state index contributed by atoms with van der Waals surface area (Å²) < 4.78 is 2.44. The molecule has 0 amide bonds. The average Bonchev–Trinajstić information content (AvgIpc) is 3.99. The van der Waals surface area contributed by atoms with Crippen molar-refractivity contribution in [2.24, 2.45) is 0 Å². The summed E-state index contributed by atoms with van der Waals surface area (Å²) in [5, 5.41) is 2.47. The molecule has 59 heavy (non-hydrogen) atoms. The first-order valence-corrected chi connectivity index (χ1v) is 21.2. The van der Waals surface area contributed by atoms with Crippen LogP contribution in [0.2, 0.25) is 0 Å². The molecule has 0 saturated heterocycles. The van der Waals surface area contributed by atoms with Crippen LogP contribution in [0.4, 0.5) is 0 Å². The average molecular weight is 770 g/mol. The fourth-order valence-corrected chi connectivity index (χ4v) is 12.1. The Labute approximate surface area is 346 Å². The van der Waals surface area contributed by atoms with Gasteiger partial charge in [0.1, 0.15) is 0 Å². The fourth-order valence-electron chi connectivity index (χ4n) is 10.9. The molecule has 0 bridgehead atoms. The van der Waals surface area contributed by atoms with E-state index in [1.165, 1.54) is 86.9 Å². The van der Waals surface area contributed by atoms with Crippen LogP contribution in [-0.2, 0) is 10.8 Å². The first-order chi connectivity index (χ1) is 29.0. The Morgan fingerprint density at radius 1 is 0.339 bits per heavy atom. The molecule has 0 N–H and O–H groups in total. The number of aromatic nitrogens is 3. The van der Waals surface area contributed by atoms with Gasteiger partial charge in [-0.3, -0.25) is 0 Å². The molecule has 3 nitrogen and oxygen atoms in total. The van der Waals surface area contributed by atoms with E-state index < -0.39 is 5.41 Å². The molecule has 1 spiro atoms. The summed E-state index contributed by atoms with van der Waals surface area (Å²) in [5.74, 6) is 2.04. The molecule has 0 unspecified atom stereocenters. The molecular formula is C55H35N3S. The molecule has 10 aromatic rings. The number of benzene rings is 8. The second-order valence-electron chi connectivity index (χ2n) is 16.6. The summed E-state index contributed by atoms with van der Waals surface area (Å²) in [6.07, 6.45) is 0. The molecule has 3 aliphatic carbocycles. The van der Waals surface area contributed by atoms with Crippen molar-refractivity contribution in [3.8, 4) is 67.5 Å². The SMILES string of the molecule is CC1(C)c2ccccc2-c2c(-c3nc(-c4cccc5c4-c4ccccc4C54c5ccccc5-c5ccccc54)nc(-c4cccc5c4sc4ccccc45)n3)cccc21. The molecule has 0 aliphatic heterocycles. The number of rotatable bonds is 3. The maximum absolute atomic E-state index is 5.56. The van der Waals surface area contributed by atoms with Gasteiger partial charge in [0.2, 0.25) is 0 Å². The van der Waals surface area contributed by atoms with Gasteiger partial charge < -0.3 is 0 Å². The quantitative estimate of drug-likeness (QED) is 0.180. The first kappa shape index (κ1) is 33.0. The van der Waals surface area contributed by atoms with Crippen molar-refractivity contribution in [1.82, 2.24) is 15.0 Å². The molecule has 0 saturated carbocycles. The van der Waals surface area contributed by atoms with Gasteiger partial charge in [-0.2, -0.15) is 0 Å². The summed E-state index contributed by atoms with van der Waals surface area (Å²) in [7, 11) is 0. The second-order valence-corrected chi connectivity index (χ2v) is 17.7. The molecule has 2 heterocycles. The third-order valence-electron chi connectivity index (χ3n) is 13.4. The largest absolute Gasteiger partial charge is 0.208 e. The van der Waals surface area contributed by atoms with Gasteiger partial charge >= 0.3 is 0 Å². The lowest BCUT2D eigenvalue weighted by Gasteiger charge is -2.30. The van der Waals surface area contributed by atoms with E-state index in [0.717, 1.165) is 16.7 Å². The van der Waals surface area contributed by atoms with Gasteiger partial charge in [0.25, 0.3) is 0 Å². The Bertz CT molecular complexity index is 3400. The van der Waals surface area contributed by atoms with Crippen LogP contribution in [0.3, 0.4) is 0 Å². The monoisotopic (exact) mass is 769 g/mol. The lowest BCUT2D eigenvalue weighted by molar-refractivity contribution is 0.660. The molecule has 276 valence electrons. The second kappa shape index (κ2) is 11.8. The molecule has 3 aliphatic rings. The van der Waals surface area contributed by atoms with Gasteiger partial charge in [0, 0.05) is 42.3 Å². The zero-order valence-corrected chi connectivity index (χ0v) is 33.3. The highest BCUT2D eigenvalue weighted by Crippen LogP contribution is 2.64. The standard InChI is InChI=1S/C55H35N3S/c1-54(2)41-25-8-5-19-36(41)48-38(22-14-29-45(48)54)51-56-52(58-53(57-51)40-24-13-21-35-34-18-7-12-31-47(34)59-50(35)40)39-23-15-30-46-49(39)37-20-6-11-28-44(37)55(46)42-26-9-3-16-32(42)33-17-4-10-27-43(33)55/h3-31H,1-2H3. The van der Waals surface area contributed by atoms with Gasteiger partial charge in [-0.25, -0.2) is 15.0 Å². The lowest BCUT2D eigenvalue weighted by atomic mass is 9.70. The summed E-state index contributed by atoms with van der Waals surface area (Å²) >= 11 is 1.81. The van der Waals surface area contributed by atoms with Crippen molar-refractivity contribution in [1.29, 1.82) is 0 Å². The number of hydrogen-bond acceptors (Lipinski definition) is 4. The lowest BCUT2D eigenvalue weighted by Crippen LogP contribution is -2.25. The van der Waals surface area contributed by atoms with Crippen LogP contribution < -0.4 is 0 Å². The molecule has 4 heteroatoms. The van der Waals surface area contributed by atoms with Crippen LogP contribution in [0.25, 0.3) is 87.7 Å². The van der Waals surface area contributed by atoms with Crippen LogP contribution >= 0.6 is 11.3 Å². The third kappa shape index (κ3) is 4.23. The van der Waals surface area contributed by atoms with E-state index >= 15 is 0 Å². The van der Waals surface area contributed by atoms with E-state index in [-0.39, 0.29) is 5.41 Å². The molecule has 0 radical (unpaired) electrons. The highest BCUT2D eigenvalue weighted by molar-refractivity contribution is 7.26. The highest BCUT2D eigenvalue weighted by Gasteiger charge is 2.52. The Hall–Kier alpha value is -7.01. The van der Waals surface area contributed by atoms with Gasteiger partial charge in [0.15, 0.2) is 17.5 Å². The highest BCUT2D eigenvalue weighted by atomic mass is 32.1. The van der Waals surface area contributed by atoms with Crippen LogP contribution in [0, 0.1) is 0 Å². The minimum absolute atomic E-state index is 0.157. The number of thiophene rings is 1. The van der Waals surface area contributed by atoms with E-state index in [4.69, 9.17) is 15.0 Å². The van der Waals surface area contributed by atoms with E-state index in [2.05, 4.69) is 190 Å². The normalized spacial score (nSPS) is 14.5. The van der Waals surface area contributed by atoms with E-state index in [9.17, 15) is 0 Å². The number of hydrogen-bond donors (Lipinski definition) is 0. The van der Waals surface area contributed by atoms with Gasteiger partial charge in [-0.05, 0) is 78.9 Å². The van der Waals surface area contributed by atoms with Gasteiger partial charge in [-0.1, -0.05) is 178 Å². The van der Waals surface area contributed by atoms with Crippen molar-refractivity contribution >= 4 is 31.5 Å². The van der Waals surface area contributed by atoms with Crippen molar-refractivity contribution in [3.63, 3.8) is 0 Å². The Balaban J connectivity index is 1.12. The zero-order valence-electron chi connectivity index (χ0n) is 32.5. The molecule has 0 atom stereocenters. The summed E-state index contributed by atoms with van der Waals surface area (Å²) in [4.78, 5) is 16.6. The molecule has 2 aromatic heterocycles. The van der Waals surface area contributed by atoms with E-state index in [1.807, 2.05) is 11.3 Å². The van der Waals surface area contributed by atoms with Crippen LogP contribution in [0.15, 0.2) is 176 Å². The smallest absolute Gasteiger partial charge is 0.165 e.